The van der Waals surface area contributed by atoms with Crippen LogP contribution in [0.25, 0.3) is 0 Å². The highest BCUT2D eigenvalue weighted by molar-refractivity contribution is 6.18. The van der Waals surface area contributed by atoms with Gasteiger partial charge in [-0.2, -0.15) is 0 Å². The summed E-state index contributed by atoms with van der Waals surface area (Å²) in [5.74, 6) is -1.54. The summed E-state index contributed by atoms with van der Waals surface area (Å²) in [6.45, 7) is 2.27. The monoisotopic (exact) mass is 351 g/mol. The lowest BCUT2D eigenvalue weighted by atomic mass is 10.0. The van der Waals surface area contributed by atoms with Gasteiger partial charge in [-0.1, -0.05) is 0 Å². The molecule has 2 rings (SSSR count). The summed E-state index contributed by atoms with van der Waals surface area (Å²) >= 11 is 0. The molecule has 2 amide bonds. The van der Waals surface area contributed by atoms with Crippen molar-refractivity contribution in [3.63, 3.8) is 0 Å². The van der Waals surface area contributed by atoms with E-state index in [4.69, 9.17) is 14.2 Å². The summed E-state index contributed by atoms with van der Waals surface area (Å²) in [5.41, 5.74) is 0. The van der Waals surface area contributed by atoms with E-state index in [2.05, 4.69) is 0 Å². The number of carbonyl (C=O) groups is 4. The van der Waals surface area contributed by atoms with Crippen LogP contribution in [0.5, 0.6) is 0 Å². The molecule has 0 radical (unpaired) electrons. The molecule has 0 unspecified atom stereocenters. The summed E-state index contributed by atoms with van der Waals surface area (Å²) in [5, 5.41) is 0. The zero-order valence-corrected chi connectivity index (χ0v) is 13.8. The number of rotatable bonds is 12. The molecule has 1 aliphatic carbocycles. The lowest BCUT2D eigenvalue weighted by Gasteiger charge is -2.13. The van der Waals surface area contributed by atoms with Gasteiger partial charge in [-0.3, -0.25) is 24.1 Å². The summed E-state index contributed by atoms with van der Waals surface area (Å²) in [4.78, 5) is 46.4. The van der Waals surface area contributed by atoms with Gasteiger partial charge in [-0.05, 0) is 18.6 Å². The summed E-state index contributed by atoms with van der Waals surface area (Å²) in [6, 6.07) is 0. The molecule has 0 N–H and O–H groups in total. The predicted octanol–water partition coefficient (Wildman–Crippen LogP) is -0.324. The Balaban J connectivity index is 1.37. The fourth-order valence-corrected chi connectivity index (χ4v) is 2.37. The van der Waals surface area contributed by atoms with Crippen molar-refractivity contribution >= 4 is 23.4 Å². The normalized spacial score (nSPS) is 17.5. The van der Waals surface area contributed by atoms with Gasteiger partial charge in [0.05, 0.1) is 45.5 Å². The number of carbonyl (C=O) groups excluding carboxylic acids is 4. The number of hydrogen-bond donors (Lipinski definition) is 0. The molecular weight excluding hydrogens is 330 g/mol. The van der Waals surface area contributed by atoms with Gasteiger partial charge in [0.15, 0.2) is 11.6 Å². The molecule has 0 aromatic carbocycles. The third-order valence-electron chi connectivity index (χ3n) is 3.75. The molecule has 0 saturated heterocycles. The Morgan fingerprint density at radius 3 is 1.72 bits per heavy atom. The van der Waals surface area contributed by atoms with Crippen molar-refractivity contribution < 1.29 is 33.4 Å². The van der Waals surface area contributed by atoms with E-state index in [1.807, 2.05) is 0 Å². The van der Waals surface area contributed by atoms with E-state index in [-0.39, 0.29) is 36.5 Å². The molecule has 25 heavy (non-hydrogen) atoms. The highest BCUT2D eigenvalue weighted by Crippen LogP contribution is 2.14. The van der Waals surface area contributed by atoms with Crippen molar-refractivity contribution in [1.29, 1.82) is 0 Å². The smallest absolute Gasteiger partial charge is 0.253 e. The first-order valence-corrected chi connectivity index (χ1v) is 8.12. The molecule has 136 valence electrons. The number of hydrogen-bond acceptors (Lipinski definition) is 7. The molecule has 0 atom stereocenters. The second-order valence-corrected chi connectivity index (χ2v) is 5.48. The van der Waals surface area contributed by atoms with E-state index in [0.29, 0.717) is 39.5 Å². The van der Waals surface area contributed by atoms with E-state index in [0.717, 1.165) is 4.90 Å². The van der Waals surface area contributed by atoms with E-state index >= 15 is 0 Å². The Kier molecular flexibility index (Phi) is 7.65. The molecule has 0 aromatic heterocycles. The van der Waals surface area contributed by atoms with Crippen LogP contribution in [0.15, 0.2) is 24.3 Å². The van der Waals surface area contributed by atoms with Gasteiger partial charge in [-0.15, -0.1) is 0 Å². The van der Waals surface area contributed by atoms with Crippen molar-refractivity contribution in [3.8, 4) is 0 Å². The van der Waals surface area contributed by atoms with Crippen LogP contribution in [-0.4, -0.2) is 74.5 Å². The minimum Gasteiger partial charge on any atom is -0.379 e. The minimum atomic E-state index is -0.584. The molecule has 0 bridgehead atoms. The average Bonchev–Trinajstić information content (AvgIpc) is 3.08. The number of ketones is 2. The topological polar surface area (TPSA) is 99.2 Å². The van der Waals surface area contributed by atoms with E-state index < -0.39 is 5.92 Å². The number of ether oxygens (including phenoxy) is 3. The van der Waals surface area contributed by atoms with Crippen molar-refractivity contribution in [3.05, 3.63) is 24.3 Å². The summed E-state index contributed by atoms with van der Waals surface area (Å²) in [6.07, 6.45) is 5.47. The van der Waals surface area contributed by atoms with Gasteiger partial charge in [0, 0.05) is 18.8 Å². The van der Waals surface area contributed by atoms with Crippen LogP contribution >= 0.6 is 0 Å². The SMILES string of the molecule is O=C1C=CC(=O)C1CCOCCOCCOCCN1C(=O)C=CC1=O. The third-order valence-corrected chi connectivity index (χ3v) is 3.75. The molecule has 8 heteroatoms. The minimum absolute atomic E-state index is 0.157. The Morgan fingerprint density at radius 2 is 1.16 bits per heavy atom. The molecule has 0 saturated carbocycles. The van der Waals surface area contributed by atoms with Crippen LogP contribution in [0.1, 0.15) is 6.42 Å². The Labute approximate surface area is 145 Å². The zero-order chi connectivity index (χ0) is 18.1. The third kappa shape index (κ3) is 6.00. The van der Waals surface area contributed by atoms with Gasteiger partial charge in [-0.25, -0.2) is 0 Å². The van der Waals surface area contributed by atoms with Crippen LogP contribution in [0.4, 0.5) is 0 Å². The first-order chi connectivity index (χ1) is 12.1. The molecule has 2 aliphatic rings. The number of allylic oxidation sites excluding steroid dienone is 2. The molecule has 0 fully saturated rings. The zero-order valence-electron chi connectivity index (χ0n) is 13.8. The molecule has 8 nitrogen and oxygen atoms in total. The Bertz CT molecular complexity index is 496. The van der Waals surface area contributed by atoms with Gasteiger partial charge in [0.25, 0.3) is 11.8 Å². The fraction of sp³-hybridized carbons (Fsp3) is 0.529. The standard InChI is InChI=1S/C17H21NO7/c19-14-1-2-15(20)13(14)5-7-23-9-11-25-12-10-24-8-6-18-16(21)3-4-17(18)22/h1-4,13H,5-12H2. The highest BCUT2D eigenvalue weighted by Gasteiger charge is 2.27. The van der Waals surface area contributed by atoms with E-state index in [9.17, 15) is 19.2 Å². The van der Waals surface area contributed by atoms with Gasteiger partial charge >= 0.3 is 0 Å². The maximum atomic E-state index is 11.4. The van der Waals surface area contributed by atoms with Crippen LogP contribution in [0.3, 0.4) is 0 Å². The summed E-state index contributed by atoms with van der Waals surface area (Å²) < 4.78 is 15.9. The van der Waals surface area contributed by atoms with Crippen LogP contribution in [0, 0.1) is 5.92 Å². The first kappa shape index (κ1) is 19.2. The second kappa shape index (κ2) is 9.97. The van der Waals surface area contributed by atoms with Crippen LogP contribution in [0.2, 0.25) is 0 Å². The Hall–Kier alpha value is -2.16. The van der Waals surface area contributed by atoms with Crippen LogP contribution < -0.4 is 0 Å². The molecule has 1 heterocycles. The lowest BCUT2D eigenvalue weighted by molar-refractivity contribution is -0.137. The molecule has 0 aromatic rings. The molecular formula is C17H21NO7. The van der Waals surface area contributed by atoms with Crippen molar-refractivity contribution in [2.75, 3.05) is 46.2 Å². The maximum absolute atomic E-state index is 11.4. The number of imide groups is 1. The Morgan fingerprint density at radius 1 is 0.680 bits per heavy atom. The van der Waals surface area contributed by atoms with Gasteiger partial charge in [0.2, 0.25) is 0 Å². The number of nitrogens with zero attached hydrogens (tertiary/aromatic N) is 1. The van der Waals surface area contributed by atoms with Gasteiger partial charge in [0.1, 0.15) is 0 Å². The first-order valence-electron chi connectivity index (χ1n) is 8.12. The van der Waals surface area contributed by atoms with Gasteiger partial charge < -0.3 is 14.2 Å². The highest BCUT2D eigenvalue weighted by atomic mass is 16.5. The van der Waals surface area contributed by atoms with Crippen molar-refractivity contribution in [2.24, 2.45) is 5.92 Å². The van der Waals surface area contributed by atoms with Crippen molar-refractivity contribution in [2.45, 2.75) is 6.42 Å². The largest absolute Gasteiger partial charge is 0.379 e. The number of amides is 2. The average molecular weight is 351 g/mol. The second-order valence-electron chi connectivity index (χ2n) is 5.48. The molecule has 1 aliphatic heterocycles. The van der Waals surface area contributed by atoms with E-state index in [1.165, 1.54) is 24.3 Å². The summed E-state index contributed by atoms with van der Waals surface area (Å²) in [7, 11) is 0. The van der Waals surface area contributed by atoms with Crippen molar-refractivity contribution in [1.82, 2.24) is 4.90 Å². The van der Waals surface area contributed by atoms with E-state index in [1.54, 1.807) is 0 Å². The van der Waals surface area contributed by atoms with Crippen LogP contribution in [-0.2, 0) is 33.4 Å². The lowest BCUT2D eigenvalue weighted by Crippen LogP contribution is -2.33. The quantitative estimate of drug-likeness (QED) is 0.270. The maximum Gasteiger partial charge on any atom is 0.253 e. The fourth-order valence-electron chi connectivity index (χ4n) is 2.37. The molecule has 0 spiro atoms. The predicted molar refractivity (Wildman–Crippen MR) is 85.6 cm³/mol.